The number of carbonyl (C=O) groups excluding carboxylic acids is 3. The molecule has 0 spiro atoms. The predicted molar refractivity (Wildman–Crippen MR) is 135 cm³/mol. The molecule has 8 nitrogen and oxygen atoms in total. The Balaban J connectivity index is 1.27. The fourth-order valence-electron chi connectivity index (χ4n) is 4.50. The van der Waals surface area contributed by atoms with Crippen LogP contribution >= 0.6 is 11.3 Å². The Morgan fingerprint density at radius 3 is 2.57 bits per heavy atom. The highest BCUT2D eigenvalue weighted by Gasteiger charge is 2.28. The average Bonchev–Trinajstić information content (AvgIpc) is 3.48. The molecule has 0 aromatic carbocycles. The molecule has 3 aromatic heterocycles. The molecular weight excluding hydrogens is 464 g/mol. The van der Waals surface area contributed by atoms with Crippen LogP contribution in [0.5, 0.6) is 0 Å². The van der Waals surface area contributed by atoms with Gasteiger partial charge in [0.15, 0.2) is 6.61 Å². The number of ketones is 1. The van der Waals surface area contributed by atoms with Gasteiger partial charge in [0, 0.05) is 47.7 Å². The number of hydrogen-bond donors (Lipinski definition) is 1. The third-order valence-corrected chi connectivity index (χ3v) is 7.50. The minimum Gasteiger partial charge on any atom is -0.457 e. The number of nitrogens with two attached hydrogens (primary N) is 1. The van der Waals surface area contributed by atoms with E-state index in [4.69, 9.17) is 10.5 Å². The van der Waals surface area contributed by atoms with Gasteiger partial charge in [-0.1, -0.05) is 6.07 Å². The molecule has 0 bridgehead atoms. The molecule has 0 aliphatic carbocycles. The number of aromatic nitrogens is 2. The van der Waals surface area contributed by atoms with Gasteiger partial charge in [-0.05, 0) is 62.8 Å². The van der Waals surface area contributed by atoms with Crippen molar-refractivity contribution < 1.29 is 19.1 Å². The van der Waals surface area contributed by atoms with E-state index in [1.807, 2.05) is 26.0 Å². The number of nitrogens with zero attached hydrogens (tertiary/aromatic N) is 3. The van der Waals surface area contributed by atoms with Crippen LogP contribution in [0.1, 0.15) is 49.8 Å². The molecule has 0 radical (unpaired) electrons. The third kappa shape index (κ3) is 5.79. The minimum absolute atomic E-state index is 0.176. The fourth-order valence-corrected chi connectivity index (χ4v) is 5.20. The first-order valence-corrected chi connectivity index (χ1v) is 12.6. The second-order valence-corrected chi connectivity index (χ2v) is 9.86. The molecule has 0 unspecified atom stereocenters. The number of amides is 1. The summed E-state index contributed by atoms with van der Waals surface area (Å²) in [6.07, 6.45) is 3.61. The molecule has 1 saturated heterocycles. The van der Waals surface area contributed by atoms with Crippen LogP contribution in [-0.4, -0.2) is 46.9 Å². The topological polar surface area (TPSA) is 108 Å². The highest BCUT2D eigenvalue weighted by molar-refractivity contribution is 7.09. The van der Waals surface area contributed by atoms with Crippen LogP contribution in [-0.2, 0) is 22.5 Å². The maximum absolute atomic E-state index is 12.8. The molecule has 1 amide bonds. The van der Waals surface area contributed by atoms with Gasteiger partial charge in [0.2, 0.25) is 11.7 Å². The molecule has 184 valence electrons. The Hall–Kier alpha value is -3.46. The Bertz CT molecular complexity index is 1190. The van der Waals surface area contributed by atoms with Gasteiger partial charge in [-0.2, -0.15) is 0 Å². The van der Waals surface area contributed by atoms with Crippen LogP contribution in [0.4, 0.5) is 5.82 Å². The van der Waals surface area contributed by atoms with E-state index < -0.39 is 5.91 Å². The molecule has 1 fully saturated rings. The maximum atomic E-state index is 12.8. The summed E-state index contributed by atoms with van der Waals surface area (Å²) in [5.74, 6) is -0.527. The SMILES string of the molecule is Cc1cc(C(=O)COC(=O)C2CCN(c3ccc(C(N)=O)cn3)CC2)c(C)n1CCc1cccs1. The lowest BCUT2D eigenvalue weighted by Crippen LogP contribution is -2.37. The van der Waals surface area contributed by atoms with E-state index in [1.165, 1.54) is 11.1 Å². The van der Waals surface area contributed by atoms with Crippen molar-refractivity contribution in [2.45, 2.75) is 39.7 Å². The first kappa shape index (κ1) is 24.7. The van der Waals surface area contributed by atoms with E-state index >= 15 is 0 Å². The van der Waals surface area contributed by atoms with Crippen molar-refractivity contribution >= 4 is 34.8 Å². The van der Waals surface area contributed by atoms with Crippen molar-refractivity contribution in [2.75, 3.05) is 24.6 Å². The maximum Gasteiger partial charge on any atom is 0.309 e. The average molecular weight is 495 g/mol. The number of aryl methyl sites for hydroxylation is 2. The highest BCUT2D eigenvalue weighted by atomic mass is 32.1. The molecule has 2 N–H and O–H groups in total. The Morgan fingerprint density at radius 1 is 1.17 bits per heavy atom. The summed E-state index contributed by atoms with van der Waals surface area (Å²) in [6.45, 7) is 5.78. The van der Waals surface area contributed by atoms with Crippen LogP contribution in [0.25, 0.3) is 0 Å². The normalized spacial score (nSPS) is 14.2. The zero-order chi connectivity index (χ0) is 24.9. The first-order chi connectivity index (χ1) is 16.8. The molecule has 1 aliphatic rings. The summed E-state index contributed by atoms with van der Waals surface area (Å²) < 4.78 is 7.57. The van der Waals surface area contributed by atoms with Crippen LogP contribution in [0.2, 0.25) is 0 Å². The molecule has 9 heteroatoms. The zero-order valence-electron chi connectivity index (χ0n) is 20.0. The number of Topliss-reactive ketones (excluding diaryl/α,β-unsaturated/α-hetero) is 1. The second-order valence-electron chi connectivity index (χ2n) is 8.83. The quantitative estimate of drug-likeness (QED) is 0.360. The molecule has 0 saturated carbocycles. The molecule has 4 heterocycles. The van der Waals surface area contributed by atoms with Gasteiger partial charge in [0.25, 0.3) is 0 Å². The van der Waals surface area contributed by atoms with E-state index in [0.29, 0.717) is 37.1 Å². The fraction of sp³-hybridized carbons (Fsp3) is 0.385. The van der Waals surface area contributed by atoms with Crippen LogP contribution in [0.15, 0.2) is 41.9 Å². The van der Waals surface area contributed by atoms with Crippen molar-refractivity contribution in [1.82, 2.24) is 9.55 Å². The largest absolute Gasteiger partial charge is 0.457 e. The number of rotatable bonds is 9. The summed E-state index contributed by atoms with van der Waals surface area (Å²) in [5.41, 5.74) is 8.17. The van der Waals surface area contributed by atoms with Gasteiger partial charge < -0.3 is 19.9 Å². The second kappa shape index (κ2) is 10.9. The van der Waals surface area contributed by atoms with E-state index in [1.54, 1.807) is 23.5 Å². The molecule has 3 aromatic rings. The van der Waals surface area contributed by atoms with Crippen molar-refractivity contribution in [2.24, 2.45) is 11.7 Å². The van der Waals surface area contributed by atoms with Crippen molar-refractivity contribution in [1.29, 1.82) is 0 Å². The number of ether oxygens (including phenoxy) is 1. The Kier molecular flexibility index (Phi) is 7.65. The number of thiophene rings is 1. The van der Waals surface area contributed by atoms with Crippen molar-refractivity contribution in [3.8, 4) is 0 Å². The number of carbonyl (C=O) groups is 3. The van der Waals surface area contributed by atoms with E-state index in [0.717, 1.165) is 30.2 Å². The van der Waals surface area contributed by atoms with Gasteiger partial charge in [0.1, 0.15) is 5.82 Å². The van der Waals surface area contributed by atoms with Crippen molar-refractivity contribution in [3.63, 3.8) is 0 Å². The lowest BCUT2D eigenvalue weighted by Gasteiger charge is -2.31. The standard InChI is InChI=1S/C26H30N4O4S/c1-17-14-22(18(2)30(17)12-9-21-4-3-13-35-21)23(31)16-34-26(33)19-7-10-29(11-8-19)24-6-5-20(15-28-24)25(27)32/h3-6,13-15,19H,7-12,16H2,1-2H3,(H2,27,32). The molecule has 4 rings (SSSR count). The number of esters is 1. The van der Waals surface area contributed by atoms with Crippen molar-refractivity contribution in [3.05, 3.63) is 69.3 Å². The molecule has 0 atom stereocenters. The summed E-state index contributed by atoms with van der Waals surface area (Å²) in [6, 6.07) is 9.45. The van der Waals surface area contributed by atoms with Gasteiger partial charge in [0.05, 0.1) is 11.5 Å². The molecule has 1 aliphatic heterocycles. The molecule has 35 heavy (non-hydrogen) atoms. The lowest BCUT2D eigenvalue weighted by atomic mass is 9.97. The van der Waals surface area contributed by atoms with Gasteiger partial charge in [-0.15, -0.1) is 11.3 Å². The minimum atomic E-state index is -0.514. The van der Waals surface area contributed by atoms with E-state index in [-0.39, 0.29) is 24.3 Å². The summed E-state index contributed by atoms with van der Waals surface area (Å²) >= 11 is 1.73. The first-order valence-electron chi connectivity index (χ1n) is 11.7. The summed E-state index contributed by atoms with van der Waals surface area (Å²) in [5, 5.41) is 2.07. The molecular formula is C26H30N4O4S. The van der Waals surface area contributed by atoms with Crippen LogP contribution in [0.3, 0.4) is 0 Å². The monoisotopic (exact) mass is 494 g/mol. The van der Waals surface area contributed by atoms with E-state index in [2.05, 4.69) is 25.9 Å². The van der Waals surface area contributed by atoms with Crippen LogP contribution < -0.4 is 10.6 Å². The number of hydrogen-bond acceptors (Lipinski definition) is 7. The number of piperidine rings is 1. The lowest BCUT2D eigenvalue weighted by molar-refractivity contribution is -0.148. The van der Waals surface area contributed by atoms with E-state index in [9.17, 15) is 14.4 Å². The number of anilines is 1. The van der Waals surface area contributed by atoms with Gasteiger partial charge >= 0.3 is 5.97 Å². The smallest absolute Gasteiger partial charge is 0.309 e. The summed E-state index contributed by atoms with van der Waals surface area (Å²) in [7, 11) is 0. The van der Waals surface area contributed by atoms with Gasteiger partial charge in [-0.3, -0.25) is 14.4 Å². The van der Waals surface area contributed by atoms with Crippen LogP contribution in [0, 0.1) is 19.8 Å². The zero-order valence-corrected chi connectivity index (χ0v) is 20.8. The highest BCUT2D eigenvalue weighted by Crippen LogP contribution is 2.23. The Labute approximate surface area is 208 Å². The Morgan fingerprint density at radius 2 is 1.94 bits per heavy atom. The third-order valence-electron chi connectivity index (χ3n) is 6.57. The summed E-state index contributed by atoms with van der Waals surface area (Å²) in [4.78, 5) is 44.3. The predicted octanol–water partition coefficient (Wildman–Crippen LogP) is 3.55. The number of pyridine rings is 1. The van der Waals surface area contributed by atoms with Gasteiger partial charge in [-0.25, -0.2) is 4.98 Å². The number of primary amides is 1.